The van der Waals surface area contributed by atoms with E-state index in [2.05, 4.69) is 9.17 Å². The molecule has 0 saturated heterocycles. The summed E-state index contributed by atoms with van der Waals surface area (Å²) < 4.78 is 52.9. The van der Waals surface area contributed by atoms with E-state index in [1.165, 1.54) is 12.3 Å². The molecule has 0 aliphatic rings. The van der Waals surface area contributed by atoms with E-state index in [4.69, 9.17) is 11.6 Å². The third kappa shape index (κ3) is 5.24. The SMILES string of the molecule is CS(=O)(=O)OCCCC(F)(F)c1cc(Cl)ccn1. The van der Waals surface area contributed by atoms with Crippen molar-refractivity contribution in [2.24, 2.45) is 0 Å². The molecule has 0 aromatic carbocycles. The molecular formula is C10H12ClF2NO3S. The molecule has 0 aliphatic carbocycles. The molecule has 0 atom stereocenters. The van der Waals surface area contributed by atoms with Crippen LogP contribution in [-0.4, -0.2) is 26.3 Å². The van der Waals surface area contributed by atoms with Crippen molar-refractivity contribution in [2.75, 3.05) is 12.9 Å². The first-order valence-electron chi connectivity index (χ1n) is 5.05. The predicted octanol–water partition coefficient (Wildman–Crippen LogP) is 2.58. The van der Waals surface area contributed by atoms with Crippen molar-refractivity contribution in [3.05, 3.63) is 29.0 Å². The zero-order chi connectivity index (χ0) is 13.8. The molecule has 1 rings (SSSR count). The van der Waals surface area contributed by atoms with E-state index in [1.54, 1.807) is 0 Å². The highest BCUT2D eigenvalue weighted by Crippen LogP contribution is 2.32. The molecule has 0 unspecified atom stereocenters. The van der Waals surface area contributed by atoms with Crippen LogP contribution >= 0.6 is 11.6 Å². The maximum Gasteiger partial charge on any atom is 0.289 e. The van der Waals surface area contributed by atoms with Crippen LogP contribution in [0.25, 0.3) is 0 Å². The van der Waals surface area contributed by atoms with E-state index in [0.717, 1.165) is 12.3 Å². The van der Waals surface area contributed by atoms with Crippen LogP contribution in [0.5, 0.6) is 0 Å². The molecular weight excluding hydrogens is 288 g/mol. The highest BCUT2D eigenvalue weighted by atomic mass is 35.5. The molecule has 1 aromatic rings. The second-order valence-corrected chi connectivity index (χ2v) is 5.77. The van der Waals surface area contributed by atoms with Gasteiger partial charge in [-0.25, -0.2) is 0 Å². The van der Waals surface area contributed by atoms with Crippen LogP contribution in [0.15, 0.2) is 18.3 Å². The monoisotopic (exact) mass is 299 g/mol. The quantitative estimate of drug-likeness (QED) is 0.598. The number of hydrogen-bond acceptors (Lipinski definition) is 4. The Bertz CT molecular complexity index is 508. The van der Waals surface area contributed by atoms with Crippen molar-refractivity contribution in [1.29, 1.82) is 0 Å². The molecule has 0 amide bonds. The van der Waals surface area contributed by atoms with E-state index in [9.17, 15) is 17.2 Å². The van der Waals surface area contributed by atoms with Gasteiger partial charge in [0.05, 0.1) is 12.9 Å². The molecule has 8 heteroatoms. The molecule has 0 fully saturated rings. The van der Waals surface area contributed by atoms with Gasteiger partial charge in [-0.3, -0.25) is 9.17 Å². The summed E-state index contributed by atoms with van der Waals surface area (Å²) in [5.74, 6) is -3.16. The summed E-state index contributed by atoms with van der Waals surface area (Å²) in [7, 11) is -3.59. The van der Waals surface area contributed by atoms with Gasteiger partial charge in [0.15, 0.2) is 0 Å². The summed E-state index contributed by atoms with van der Waals surface area (Å²) in [4.78, 5) is 3.55. The molecule has 102 valence electrons. The topological polar surface area (TPSA) is 56.3 Å². The summed E-state index contributed by atoms with van der Waals surface area (Å²) in [6.45, 7) is -0.283. The zero-order valence-corrected chi connectivity index (χ0v) is 11.1. The van der Waals surface area contributed by atoms with E-state index in [-0.39, 0.29) is 18.1 Å². The third-order valence-electron chi connectivity index (χ3n) is 2.03. The van der Waals surface area contributed by atoms with Crippen LogP contribution in [0, 0.1) is 0 Å². The van der Waals surface area contributed by atoms with Crippen molar-refractivity contribution < 1.29 is 21.4 Å². The van der Waals surface area contributed by atoms with Gasteiger partial charge in [0.2, 0.25) is 0 Å². The van der Waals surface area contributed by atoms with Crippen molar-refractivity contribution in [3.8, 4) is 0 Å². The van der Waals surface area contributed by atoms with Gasteiger partial charge in [0.1, 0.15) is 5.69 Å². The van der Waals surface area contributed by atoms with Gasteiger partial charge in [-0.1, -0.05) is 11.6 Å². The van der Waals surface area contributed by atoms with Gasteiger partial charge in [-0.2, -0.15) is 17.2 Å². The fraction of sp³-hybridized carbons (Fsp3) is 0.500. The fourth-order valence-corrected chi connectivity index (χ4v) is 1.82. The number of hydrogen-bond donors (Lipinski definition) is 0. The lowest BCUT2D eigenvalue weighted by molar-refractivity contribution is -0.0222. The molecule has 0 saturated carbocycles. The first kappa shape index (κ1) is 15.3. The third-order valence-corrected chi connectivity index (χ3v) is 2.86. The Morgan fingerprint density at radius 2 is 2.17 bits per heavy atom. The lowest BCUT2D eigenvalue weighted by atomic mass is 10.1. The van der Waals surface area contributed by atoms with Crippen LogP contribution in [-0.2, 0) is 20.2 Å². The number of nitrogens with zero attached hydrogens (tertiary/aromatic N) is 1. The molecule has 4 nitrogen and oxygen atoms in total. The summed E-state index contributed by atoms with van der Waals surface area (Å²) >= 11 is 5.59. The highest BCUT2D eigenvalue weighted by molar-refractivity contribution is 7.85. The lowest BCUT2D eigenvalue weighted by Crippen LogP contribution is -2.16. The Morgan fingerprint density at radius 3 is 2.72 bits per heavy atom. The smallest absolute Gasteiger partial charge is 0.270 e. The Balaban J connectivity index is 2.55. The summed E-state index contributed by atoms with van der Waals surface area (Å²) in [6.07, 6.45) is 1.40. The van der Waals surface area contributed by atoms with Crippen LogP contribution in [0.2, 0.25) is 5.02 Å². The van der Waals surface area contributed by atoms with Crippen molar-refractivity contribution >= 4 is 21.7 Å². The number of alkyl halides is 2. The molecule has 0 N–H and O–H groups in total. The van der Waals surface area contributed by atoms with Gasteiger partial charge in [0.25, 0.3) is 16.0 Å². The van der Waals surface area contributed by atoms with Crippen molar-refractivity contribution in [3.63, 3.8) is 0 Å². The van der Waals surface area contributed by atoms with Gasteiger partial charge >= 0.3 is 0 Å². The minimum atomic E-state index is -3.59. The second kappa shape index (κ2) is 5.90. The minimum Gasteiger partial charge on any atom is -0.270 e. The number of halogens is 3. The van der Waals surface area contributed by atoms with Crippen LogP contribution < -0.4 is 0 Å². The molecule has 18 heavy (non-hydrogen) atoms. The number of pyridine rings is 1. The van der Waals surface area contributed by atoms with Gasteiger partial charge in [-0.15, -0.1) is 0 Å². The summed E-state index contributed by atoms with van der Waals surface area (Å²) in [5.41, 5.74) is -0.436. The molecule has 0 bridgehead atoms. The van der Waals surface area contributed by atoms with Crippen molar-refractivity contribution in [1.82, 2.24) is 4.98 Å². The predicted molar refractivity (Wildman–Crippen MR) is 63.2 cm³/mol. The van der Waals surface area contributed by atoms with Gasteiger partial charge in [-0.05, 0) is 18.6 Å². The lowest BCUT2D eigenvalue weighted by Gasteiger charge is -2.15. The Hall–Kier alpha value is -0.790. The second-order valence-electron chi connectivity index (χ2n) is 3.69. The van der Waals surface area contributed by atoms with Crippen LogP contribution in [0.1, 0.15) is 18.5 Å². The largest absolute Gasteiger partial charge is 0.289 e. The van der Waals surface area contributed by atoms with Crippen LogP contribution in [0.4, 0.5) is 8.78 Å². The van der Waals surface area contributed by atoms with Crippen LogP contribution in [0.3, 0.4) is 0 Å². The van der Waals surface area contributed by atoms with Crippen molar-refractivity contribution in [2.45, 2.75) is 18.8 Å². The Labute approximate surface area is 109 Å². The average Bonchev–Trinajstić information content (AvgIpc) is 2.23. The molecule has 1 aromatic heterocycles. The maximum atomic E-state index is 13.6. The standard InChI is InChI=1S/C10H12ClF2NO3S/c1-18(15,16)17-6-2-4-10(12,13)9-7-8(11)3-5-14-9/h3,5,7H,2,4,6H2,1H3. The average molecular weight is 300 g/mol. The van der Waals surface area contributed by atoms with E-state index < -0.39 is 28.2 Å². The highest BCUT2D eigenvalue weighted by Gasteiger charge is 2.32. The molecule has 0 aliphatic heterocycles. The Kier molecular flexibility index (Phi) is 5.01. The Morgan fingerprint density at radius 1 is 1.50 bits per heavy atom. The zero-order valence-electron chi connectivity index (χ0n) is 9.57. The molecule has 0 spiro atoms. The normalized spacial score (nSPS) is 12.7. The van der Waals surface area contributed by atoms with E-state index in [1.807, 2.05) is 0 Å². The van der Waals surface area contributed by atoms with Gasteiger partial charge in [0, 0.05) is 17.6 Å². The summed E-state index contributed by atoms with van der Waals surface area (Å²) in [5, 5.41) is 0.173. The van der Waals surface area contributed by atoms with Gasteiger partial charge < -0.3 is 0 Å². The minimum absolute atomic E-state index is 0.103. The maximum absolute atomic E-state index is 13.6. The molecule has 0 radical (unpaired) electrons. The fourth-order valence-electron chi connectivity index (χ4n) is 1.24. The number of rotatable bonds is 6. The summed E-state index contributed by atoms with van der Waals surface area (Å²) in [6, 6.07) is 2.48. The molecule has 1 heterocycles. The number of aromatic nitrogens is 1. The van der Waals surface area contributed by atoms with E-state index in [0.29, 0.717) is 0 Å². The van der Waals surface area contributed by atoms with E-state index >= 15 is 0 Å². The first-order chi connectivity index (χ1) is 8.21. The first-order valence-corrected chi connectivity index (χ1v) is 7.24.